The molecule has 0 aliphatic heterocycles. The number of aromatic amines is 1. The van der Waals surface area contributed by atoms with Gasteiger partial charge in [0.05, 0.1) is 45.0 Å². The third-order valence-corrected chi connectivity index (χ3v) is 8.52. The Balaban J connectivity index is 1.50. The number of imidazole rings is 1. The minimum absolute atomic E-state index is 0.0587. The summed E-state index contributed by atoms with van der Waals surface area (Å²) in [5.41, 5.74) is 9.93. The molecular weight excluding hydrogens is 540 g/mol. The zero-order chi connectivity index (χ0) is 29.1. The largest absolute Gasteiger partial charge is 0.491 e. The van der Waals surface area contributed by atoms with Crippen LogP contribution in [0.4, 0.5) is 5.82 Å². The van der Waals surface area contributed by atoms with Gasteiger partial charge in [0.25, 0.3) is 10.0 Å². The lowest BCUT2D eigenvalue weighted by molar-refractivity contribution is 0.103. The molecule has 6 rings (SSSR count). The Labute approximate surface area is 236 Å². The highest BCUT2D eigenvalue weighted by Crippen LogP contribution is 2.32. The first-order chi connectivity index (χ1) is 19.5. The molecule has 3 N–H and O–H groups in total. The van der Waals surface area contributed by atoms with Crippen LogP contribution in [0.25, 0.3) is 27.6 Å². The third kappa shape index (κ3) is 4.53. The van der Waals surface area contributed by atoms with Crippen molar-refractivity contribution in [2.75, 3.05) is 5.73 Å². The number of anilines is 1. The van der Waals surface area contributed by atoms with Gasteiger partial charge in [-0.15, -0.1) is 0 Å². The maximum absolute atomic E-state index is 14.0. The van der Waals surface area contributed by atoms with Crippen molar-refractivity contribution < 1.29 is 17.9 Å². The highest BCUT2D eigenvalue weighted by atomic mass is 32.2. The van der Waals surface area contributed by atoms with Crippen molar-refractivity contribution in [1.29, 1.82) is 0 Å². The number of carbonyl (C=O) groups is 1. The summed E-state index contributed by atoms with van der Waals surface area (Å²) in [6.45, 7) is 7.54. The number of fused-ring (bicyclic) bond motifs is 2. The summed E-state index contributed by atoms with van der Waals surface area (Å²) >= 11 is 0. The van der Waals surface area contributed by atoms with Crippen LogP contribution in [-0.4, -0.2) is 44.0 Å². The molecule has 3 heterocycles. The predicted molar refractivity (Wildman–Crippen MR) is 157 cm³/mol. The number of nitrogen functional groups attached to an aromatic ring is 1. The summed E-state index contributed by atoms with van der Waals surface area (Å²) < 4.78 is 36.3. The van der Waals surface area contributed by atoms with E-state index in [4.69, 9.17) is 10.5 Å². The smallest absolute Gasteiger partial charge is 0.268 e. The molecule has 0 aliphatic carbocycles. The Morgan fingerprint density at radius 2 is 1.76 bits per heavy atom. The number of carbonyl (C=O) groups excluding carboxylic acids is 1. The minimum atomic E-state index is -4.16. The van der Waals surface area contributed by atoms with E-state index in [1.54, 1.807) is 36.4 Å². The predicted octanol–water partition coefficient (Wildman–Crippen LogP) is 5.16. The van der Waals surface area contributed by atoms with E-state index in [0.29, 0.717) is 22.3 Å². The average Bonchev–Trinajstić information content (AvgIpc) is 3.61. The van der Waals surface area contributed by atoms with Gasteiger partial charge >= 0.3 is 0 Å². The van der Waals surface area contributed by atoms with Gasteiger partial charge in [0, 0.05) is 5.39 Å². The van der Waals surface area contributed by atoms with Gasteiger partial charge in [-0.1, -0.05) is 17.7 Å². The number of aromatic nitrogens is 5. The van der Waals surface area contributed by atoms with Crippen LogP contribution in [0.5, 0.6) is 5.75 Å². The summed E-state index contributed by atoms with van der Waals surface area (Å²) in [6, 6.07) is 18.6. The zero-order valence-electron chi connectivity index (χ0n) is 22.9. The molecule has 0 radical (unpaired) electrons. The molecule has 0 atom stereocenters. The number of nitrogens with two attached hydrogens (primary N) is 1. The van der Waals surface area contributed by atoms with Gasteiger partial charge in [-0.25, -0.2) is 22.1 Å². The van der Waals surface area contributed by atoms with Crippen molar-refractivity contribution in [3.8, 4) is 11.4 Å². The Bertz CT molecular complexity index is 2070. The number of benzene rings is 3. The molecule has 10 nitrogen and oxygen atoms in total. The van der Waals surface area contributed by atoms with E-state index in [2.05, 4.69) is 15.1 Å². The number of nitrogens with one attached hydrogen (secondary N) is 1. The average molecular weight is 569 g/mol. The molecule has 0 spiro atoms. The van der Waals surface area contributed by atoms with Gasteiger partial charge in [0.1, 0.15) is 23.1 Å². The number of ketones is 1. The topological polar surface area (TPSA) is 138 Å². The van der Waals surface area contributed by atoms with E-state index in [1.165, 1.54) is 23.0 Å². The summed E-state index contributed by atoms with van der Waals surface area (Å²) in [7, 11) is -4.16. The van der Waals surface area contributed by atoms with E-state index < -0.39 is 15.8 Å². The molecule has 3 aromatic heterocycles. The van der Waals surface area contributed by atoms with Crippen molar-refractivity contribution in [3.63, 3.8) is 0 Å². The second kappa shape index (κ2) is 9.63. The van der Waals surface area contributed by atoms with E-state index >= 15 is 0 Å². The second-order valence-electron chi connectivity index (χ2n) is 10.2. The van der Waals surface area contributed by atoms with Crippen LogP contribution < -0.4 is 10.5 Å². The molecule has 6 aromatic rings. The molecule has 0 fully saturated rings. The Morgan fingerprint density at radius 3 is 2.49 bits per heavy atom. The van der Waals surface area contributed by atoms with E-state index in [0.717, 1.165) is 26.4 Å². The molecule has 0 saturated carbocycles. The number of ether oxygens (including phenoxy) is 1. The van der Waals surface area contributed by atoms with Crippen LogP contribution in [0.3, 0.4) is 0 Å². The van der Waals surface area contributed by atoms with Crippen LogP contribution in [0.15, 0.2) is 77.8 Å². The number of H-pyrrole nitrogens is 1. The highest BCUT2D eigenvalue weighted by molar-refractivity contribution is 7.90. The lowest BCUT2D eigenvalue weighted by Gasteiger charge is -2.13. The van der Waals surface area contributed by atoms with Crippen molar-refractivity contribution in [3.05, 3.63) is 95.6 Å². The number of nitrogens with zero attached hydrogens (tertiary/aromatic N) is 4. The Kier molecular flexibility index (Phi) is 6.18. The standard InChI is InChI=1S/C30H28N6O4S/c1-17(2)40-22-8-12-27-20(13-22)14-28(36(27)41(38,39)23-9-5-18(3)6-10-23)29(37)24-16-32-35(30(24)31)21-7-11-25-26(15-21)34-19(4)33-25/h5-17H,31H2,1-4H3,(H,33,34). The normalized spacial score (nSPS) is 12.0. The van der Waals surface area contributed by atoms with Crippen LogP contribution in [-0.2, 0) is 10.0 Å². The molecule has 0 saturated heterocycles. The van der Waals surface area contributed by atoms with Crippen LogP contribution in [0.2, 0.25) is 0 Å². The Morgan fingerprint density at radius 1 is 1.00 bits per heavy atom. The second-order valence-corrected chi connectivity index (χ2v) is 12.0. The van der Waals surface area contributed by atoms with Crippen molar-refractivity contribution in [2.24, 2.45) is 0 Å². The fourth-order valence-electron chi connectivity index (χ4n) is 4.88. The summed E-state index contributed by atoms with van der Waals surface area (Å²) in [5, 5.41) is 4.90. The van der Waals surface area contributed by atoms with Gasteiger partial charge in [0.2, 0.25) is 5.78 Å². The van der Waals surface area contributed by atoms with Crippen molar-refractivity contribution in [1.82, 2.24) is 23.7 Å². The zero-order valence-corrected chi connectivity index (χ0v) is 23.7. The first-order valence-electron chi connectivity index (χ1n) is 13.0. The van der Waals surface area contributed by atoms with Gasteiger partial charge in [-0.2, -0.15) is 5.10 Å². The summed E-state index contributed by atoms with van der Waals surface area (Å²) in [4.78, 5) is 21.7. The van der Waals surface area contributed by atoms with Gasteiger partial charge < -0.3 is 15.5 Å². The summed E-state index contributed by atoms with van der Waals surface area (Å²) in [5.74, 6) is 0.831. The fourth-order valence-corrected chi connectivity index (χ4v) is 6.39. The third-order valence-electron chi connectivity index (χ3n) is 6.77. The van der Waals surface area contributed by atoms with Crippen LogP contribution >= 0.6 is 0 Å². The summed E-state index contributed by atoms with van der Waals surface area (Å²) in [6.07, 6.45) is 1.27. The van der Waals surface area contributed by atoms with Crippen molar-refractivity contribution >= 4 is 43.6 Å². The lowest BCUT2D eigenvalue weighted by Crippen LogP contribution is -2.19. The maximum atomic E-state index is 14.0. The highest BCUT2D eigenvalue weighted by Gasteiger charge is 2.29. The van der Waals surface area contributed by atoms with E-state index in [1.807, 2.05) is 45.9 Å². The van der Waals surface area contributed by atoms with Crippen molar-refractivity contribution in [2.45, 2.75) is 38.7 Å². The molecule has 11 heteroatoms. The Hall–Kier alpha value is -4.90. The number of hydrogen-bond donors (Lipinski definition) is 2. The number of hydrogen-bond acceptors (Lipinski definition) is 7. The van der Waals surface area contributed by atoms with Gasteiger partial charge in [-0.3, -0.25) is 4.79 Å². The lowest BCUT2D eigenvalue weighted by atomic mass is 10.1. The first-order valence-corrected chi connectivity index (χ1v) is 14.5. The van der Waals surface area contributed by atoms with Crippen LogP contribution in [0.1, 0.15) is 41.3 Å². The first kappa shape index (κ1) is 26.3. The SMILES string of the molecule is Cc1ccc(S(=O)(=O)n2c(C(=O)c3cnn(-c4ccc5[nH]c(C)nc5c4)c3N)cc3cc(OC(C)C)ccc32)cc1. The molecular formula is C30H28N6O4S. The number of rotatable bonds is 7. The molecule has 0 aliphatic rings. The number of aryl methyl sites for hydroxylation is 2. The fraction of sp³-hybridized carbons (Fsp3) is 0.167. The van der Waals surface area contributed by atoms with Gasteiger partial charge in [0.15, 0.2) is 0 Å². The molecule has 3 aromatic carbocycles. The molecule has 208 valence electrons. The molecule has 0 unspecified atom stereocenters. The van der Waals surface area contributed by atoms with E-state index in [9.17, 15) is 13.2 Å². The minimum Gasteiger partial charge on any atom is -0.491 e. The monoisotopic (exact) mass is 568 g/mol. The molecule has 0 amide bonds. The quantitative estimate of drug-likeness (QED) is 0.254. The molecule has 0 bridgehead atoms. The van der Waals surface area contributed by atoms with E-state index in [-0.39, 0.29) is 28.1 Å². The van der Waals surface area contributed by atoms with Gasteiger partial charge in [-0.05, 0) is 82.3 Å². The molecule has 41 heavy (non-hydrogen) atoms. The van der Waals surface area contributed by atoms with Crippen LogP contribution in [0, 0.1) is 13.8 Å². The maximum Gasteiger partial charge on any atom is 0.268 e.